The molecule has 0 saturated heterocycles. The van der Waals surface area contributed by atoms with E-state index in [1.807, 2.05) is 0 Å². The van der Waals surface area contributed by atoms with Gasteiger partial charge in [0.15, 0.2) is 0 Å². The van der Waals surface area contributed by atoms with E-state index in [4.69, 9.17) is 0 Å². The second-order valence-corrected chi connectivity index (χ2v) is 8.54. The summed E-state index contributed by atoms with van der Waals surface area (Å²) in [6.07, 6.45) is 4.09. The largest absolute Gasteiger partial charge is 0.385 e. The van der Waals surface area contributed by atoms with Crippen LogP contribution < -0.4 is 0 Å². The molecule has 0 aromatic heterocycles. The van der Waals surface area contributed by atoms with Crippen molar-refractivity contribution in [3.05, 3.63) is 34.9 Å². The normalized spacial score (nSPS) is 19.4. The van der Waals surface area contributed by atoms with E-state index < -0.39 is 5.60 Å². The van der Waals surface area contributed by atoms with Crippen molar-refractivity contribution in [2.24, 2.45) is 0 Å². The standard InChI is InChI=1S/C19H30O/c1-17(2,3)14-11-15(18(4,5)6)13-16(12-14)19(20)9-7-8-10-19/h11-13,20H,7-10H2,1-6H3. The van der Waals surface area contributed by atoms with Crippen LogP contribution in [0.25, 0.3) is 0 Å². The van der Waals surface area contributed by atoms with Gasteiger partial charge in [0.2, 0.25) is 0 Å². The molecule has 1 aliphatic rings. The Balaban J connectivity index is 2.57. The maximum absolute atomic E-state index is 10.9. The minimum absolute atomic E-state index is 0.116. The van der Waals surface area contributed by atoms with Gasteiger partial charge in [0, 0.05) is 0 Å². The molecule has 20 heavy (non-hydrogen) atoms. The topological polar surface area (TPSA) is 20.2 Å². The molecule has 1 aliphatic carbocycles. The molecule has 0 atom stereocenters. The third kappa shape index (κ3) is 3.09. The summed E-state index contributed by atoms with van der Waals surface area (Å²) in [5, 5.41) is 10.9. The summed E-state index contributed by atoms with van der Waals surface area (Å²) in [6, 6.07) is 6.79. The Morgan fingerprint density at radius 1 is 0.800 bits per heavy atom. The average molecular weight is 274 g/mol. The SMILES string of the molecule is CC(C)(C)c1cc(C(C)(C)C)cc(C2(O)CCCC2)c1. The van der Waals surface area contributed by atoms with Gasteiger partial charge in [-0.05, 0) is 40.4 Å². The van der Waals surface area contributed by atoms with Crippen LogP contribution in [0.15, 0.2) is 18.2 Å². The summed E-state index contributed by atoms with van der Waals surface area (Å²) in [7, 11) is 0. The van der Waals surface area contributed by atoms with Crippen LogP contribution >= 0.6 is 0 Å². The number of benzene rings is 1. The molecule has 1 nitrogen and oxygen atoms in total. The van der Waals surface area contributed by atoms with Crippen molar-refractivity contribution < 1.29 is 5.11 Å². The Morgan fingerprint density at radius 2 is 1.20 bits per heavy atom. The van der Waals surface area contributed by atoms with Crippen LogP contribution in [0.2, 0.25) is 0 Å². The van der Waals surface area contributed by atoms with Gasteiger partial charge in [0.25, 0.3) is 0 Å². The summed E-state index contributed by atoms with van der Waals surface area (Å²) < 4.78 is 0. The quantitative estimate of drug-likeness (QED) is 0.760. The molecular formula is C19H30O. The lowest BCUT2D eigenvalue weighted by Crippen LogP contribution is -2.24. The molecule has 0 spiro atoms. The molecule has 0 bridgehead atoms. The summed E-state index contributed by atoms with van der Waals surface area (Å²) in [5.74, 6) is 0. The zero-order chi connectivity index (χ0) is 15.2. The third-order valence-electron chi connectivity index (χ3n) is 4.63. The number of hydrogen-bond acceptors (Lipinski definition) is 1. The molecule has 2 rings (SSSR count). The first-order valence-electron chi connectivity index (χ1n) is 7.91. The van der Waals surface area contributed by atoms with Crippen LogP contribution in [0.3, 0.4) is 0 Å². The van der Waals surface area contributed by atoms with Gasteiger partial charge in [-0.3, -0.25) is 0 Å². The molecule has 1 aromatic rings. The van der Waals surface area contributed by atoms with Crippen molar-refractivity contribution >= 4 is 0 Å². The van der Waals surface area contributed by atoms with Crippen LogP contribution in [0.5, 0.6) is 0 Å². The highest BCUT2D eigenvalue weighted by Crippen LogP contribution is 2.41. The predicted octanol–water partition coefficient (Wildman–Crippen LogP) is 5.04. The zero-order valence-electron chi connectivity index (χ0n) is 14.0. The molecule has 0 heterocycles. The number of aliphatic hydroxyl groups is 1. The van der Waals surface area contributed by atoms with E-state index in [0.717, 1.165) is 31.2 Å². The van der Waals surface area contributed by atoms with Gasteiger partial charge >= 0.3 is 0 Å². The van der Waals surface area contributed by atoms with Gasteiger partial charge in [-0.25, -0.2) is 0 Å². The van der Waals surface area contributed by atoms with E-state index >= 15 is 0 Å². The van der Waals surface area contributed by atoms with E-state index in [1.54, 1.807) is 0 Å². The van der Waals surface area contributed by atoms with Crippen molar-refractivity contribution in [1.29, 1.82) is 0 Å². The molecule has 0 aliphatic heterocycles. The molecule has 112 valence electrons. The van der Waals surface area contributed by atoms with Crippen molar-refractivity contribution in [1.82, 2.24) is 0 Å². The van der Waals surface area contributed by atoms with Gasteiger partial charge < -0.3 is 5.11 Å². The molecule has 1 N–H and O–H groups in total. The molecule has 0 unspecified atom stereocenters. The smallest absolute Gasteiger partial charge is 0.0896 e. The van der Waals surface area contributed by atoms with Crippen LogP contribution in [-0.2, 0) is 16.4 Å². The zero-order valence-corrected chi connectivity index (χ0v) is 14.0. The van der Waals surface area contributed by atoms with Crippen molar-refractivity contribution in [3.8, 4) is 0 Å². The van der Waals surface area contributed by atoms with E-state index in [9.17, 15) is 5.11 Å². The fraction of sp³-hybridized carbons (Fsp3) is 0.684. The van der Waals surface area contributed by atoms with E-state index in [1.165, 1.54) is 11.1 Å². The van der Waals surface area contributed by atoms with Gasteiger partial charge in [-0.2, -0.15) is 0 Å². The first-order chi connectivity index (χ1) is 9.02. The highest BCUT2D eigenvalue weighted by molar-refractivity contribution is 5.40. The second-order valence-electron chi connectivity index (χ2n) is 8.54. The Kier molecular flexibility index (Phi) is 3.79. The maximum atomic E-state index is 10.9. The van der Waals surface area contributed by atoms with Crippen LogP contribution in [0.4, 0.5) is 0 Å². The lowest BCUT2D eigenvalue weighted by atomic mass is 9.77. The Hall–Kier alpha value is -0.820. The fourth-order valence-corrected chi connectivity index (χ4v) is 3.01. The van der Waals surface area contributed by atoms with Crippen molar-refractivity contribution in [3.63, 3.8) is 0 Å². The van der Waals surface area contributed by atoms with Gasteiger partial charge in [0.1, 0.15) is 0 Å². The molecule has 1 aromatic carbocycles. The minimum atomic E-state index is -0.596. The molecule has 1 heteroatoms. The van der Waals surface area contributed by atoms with E-state index in [-0.39, 0.29) is 10.8 Å². The van der Waals surface area contributed by atoms with Gasteiger partial charge in [-0.15, -0.1) is 0 Å². The van der Waals surface area contributed by atoms with Gasteiger partial charge in [-0.1, -0.05) is 72.6 Å². The average Bonchev–Trinajstić information content (AvgIpc) is 2.75. The predicted molar refractivity (Wildman–Crippen MR) is 86.2 cm³/mol. The fourth-order valence-electron chi connectivity index (χ4n) is 3.01. The first-order valence-corrected chi connectivity index (χ1v) is 7.91. The summed E-state index contributed by atoms with van der Waals surface area (Å²) in [4.78, 5) is 0. The first kappa shape index (κ1) is 15.6. The monoisotopic (exact) mass is 274 g/mol. The lowest BCUT2D eigenvalue weighted by Gasteiger charge is -2.30. The minimum Gasteiger partial charge on any atom is -0.385 e. The highest BCUT2D eigenvalue weighted by atomic mass is 16.3. The molecule has 0 amide bonds. The molecule has 1 saturated carbocycles. The Bertz CT molecular complexity index is 447. The molecule has 0 radical (unpaired) electrons. The Morgan fingerprint density at radius 3 is 1.55 bits per heavy atom. The summed E-state index contributed by atoms with van der Waals surface area (Å²) >= 11 is 0. The lowest BCUT2D eigenvalue weighted by molar-refractivity contribution is 0.0442. The van der Waals surface area contributed by atoms with Crippen LogP contribution in [-0.4, -0.2) is 5.11 Å². The highest BCUT2D eigenvalue weighted by Gasteiger charge is 2.34. The Labute approximate surface area is 124 Å². The van der Waals surface area contributed by atoms with Crippen molar-refractivity contribution in [2.75, 3.05) is 0 Å². The number of hydrogen-bond donors (Lipinski definition) is 1. The van der Waals surface area contributed by atoms with Gasteiger partial charge in [0.05, 0.1) is 5.60 Å². The van der Waals surface area contributed by atoms with Crippen LogP contribution in [0, 0.1) is 0 Å². The van der Waals surface area contributed by atoms with E-state index in [0.29, 0.717) is 0 Å². The number of rotatable bonds is 1. The molecule has 1 fully saturated rings. The van der Waals surface area contributed by atoms with Crippen LogP contribution in [0.1, 0.15) is 83.9 Å². The van der Waals surface area contributed by atoms with Crippen molar-refractivity contribution in [2.45, 2.75) is 83.7 Å². The second kappa shape index (κ2) is 4.87. The summed E-state index contributed by atoms with van der Waals surface area (Å²) in [5.41, 5.74) is 3.44. The van der Waals surface area contributed by atoms with E-state index in [2.05, 4.69) is 59.7 Å². The maximum Gasteiger partial charge on any atom is 0.0896 e. The molecular weight excluding hydrogens is 244 g/mol. The summed E-state index contributed by atoms with van der Waals surface area (Å²) in [6.45, 7) is 13.5. The third-order valence-corrected chi connectivity index (χ3v) is 4.63.